The third-order valence-electron chi connectivity index (χ3n) is 5.70. The molecule has 5 aromatic rings. The van der Waals surface area contributed by atoms with Crippen LogP contribution in [0.15, 0.2) is 95.9 Å². The molecule has 0 aliphatic carbocycles. The van der Waals surface area contributed by atoms with Crippen LogP contribution < -0.4 is 10.9 Å². The van der Waals surface area contributed by atoms with Gasteiger partial charge in [0, 0.05) is 17.3 Å². The molecule has 0 aliphatic rings. The molecule has 0 bridgehead atoms. The third kappa shape index (κ3) is 5.01. The summed E-state index contributed by atoms with van der Waals surface area (Å²) in [6.07, 6.45) is 1.64. The Morgan fingerprint density at radius 2 is 1.65 bits per heavy atom. The molecule has 184 valence electrons. The molecule has 0 saturated carbocycles. The van der Waals surface area contributed by atoms with Crippen LogP contribution in [0.5, 0.6) is 0 Å². The summed E-state index contributed by atoms with van der Waals surface area (Å²) in [6, 6.07) is 25.0. The lowest BCUT2D eigenvalue weighted by Gasteiger charge is -2.12. The SMILES string of the molecule is CCOC(=O)c1ccn(-c2cccc(NC(=O)c3nn(Cc4ccccc4)c(=O)c4ccccc34)c2)n1. The van der Waals surface area contributed by atoms with Crippen LogP contribution in [0.25, 0.3) is 16.5 Å². The van der Waals surface area contributed by atoms with Crippen molar-refractivity contribution in [2.24, 2.45) is 0 Å². The number of rotatable bonds is 7. The standard InChI is InChI=1S/C28H23N5O4/c1-2-37-28(36)24-15-16-32(30-24)21-12-8-11-20(17-21)29-26(34)25-22-13-6-7-14-23(22)27(35)33(31-25)18-19-9-4-3-5-10-19/h3-17H,2,18H2,1H3,(H,29,34). The Hall–Kier alpha value is -5.05. The third-order valence-corrected chi connectivity index (χ3v) is 5.70. The van der Waals surface area contributed by atoms with Crippen LogP contribution in [0.4, 0.5) is 5.69 Å². The van der Waals surface area contributed by atoms with E-state index < -0.39 is 11.9 Å². The molecule has 0 spiro atoms. The van der Waals surface area contributed by atoms with Crippen LogP contribution >= 0.6 is 0 Å². The zero-order valence-corrected chi connectivity index (χ0v) is 20.0. The number of fused-ring (bicyclic) bond motifs is 1. The molecule has 0 fully saturated rings. The molecular formula is C28H23N5O4. The molecule has 2 heterocycles. The molecule has 0 saturated heterocycles. The number of benzene rings is 3. The van der Waals surface area contributed by atoms with Crippen LogP contribution in [0.2, 0.25) is 0 Å². The largest absolute Gasteiger partial charge is 0.461 e. The number of hydrogen-bond donors (Lipinski definition) is 1. The molecule has 5 rings (SSSR count). The molecule has 0 aliphatic heterocycles. The summed E-state index contributed by atoms with van der Waals surface area (Å²) in [4.78, 5) is 38.4. The Bertz CT molecular complexity index is 1660. The quantitative estimate of drug-likeness (QED) is 0.343. The second kappa shape index (κ2) is 10.3. The second-order valence-corrected chi connectivity index (χ2v) is 8.21. The van der Waals surface area contributed by atoms with E-state index in [1.54, 1.807) is 67.7 Å². The summed E-state index contributed by atoms with van der Waals surface area (Å²) in [5, 5.41) is 12.4. The van der Waals surface area contributed by atoms with E-state index in [1.165, 1.54) is 9.36 Å². The minimum atomic E-state index is -0.505. The summed E-state index contributed by atoms with van der Waals surface area (Å²) in [7, 11) is 0. The first-order chi connectivity index (χ1) is 18.0. The van der Waals surface area contributed by atoms with E-state index in [2.05, 4.69) is 15.5 Å². The number of carbonyl (C=O) groups is 2. The summed E-state index contributed by atoms with van der Waals surface area (Å²) in [5.41, 5.74) is 2.09. The predicted molar refractivity (Wildman–Crippen MR) is 139 cm³/mol. The molecule has 2 aromatic heterocycles. The van der Waals surface area contributed by atoms with Crippen molar-refractivity contribution < 1.29 is 14.3 Å². The van der Waals surface area contributed by atoms with Crippen LogP contribution in [-0.4, -0.2) is 38.0 Å². The van der Waals surface area contributed by atoms with E-state index in [0.717, 1.165) is 5.56 Å². The molecule has 1 amide bonds. The van der Waals surface area contributed by atoms with Crippen LogP contribution in [-0.2, 0) is 11.3 Å². The van der Waals surface area contributed by atoms with Crippen molar-refractivity contribution in [1.82, 2.24) is 19.6 Å². The molecular weight excluding hydrogens is 470 g/mol. The molecule has 0 unspecified atom stereocenters. The van der Waals surface area contributed by atoms with E-state index in [0.29, 0.717) is 22.1 Å². The second-order valence-electron chi connectivity index (χ2n) is 8.21. The maximum atomic E-state index is 13.4. The zero-order valence-electron chi connectivity index (χ0n) is 20.0. The van der Waals surface area contributed by atoms with Gasteiger partial charge in [-0.3, -0.25) is 9.59 Å². The Morgan fingerprint density at radius 1 is 0.892 bits per heavy atom. The van der Waals surface area contributed by atoms with Crippen molar-refractivity contribution in [1.29, 1.82) is 0 Å². The number of carbonyl (C=O) groups excluding carboxylic acids is 2. The first-order valence-corrected chi connectivity index (χ1v) is 11.7. The average Bonchev–Trinajstić information content (AvgIpc) is 3.42. The van der Waals surface area contributed by atoms with Crippen LogP contribution in [0.1, 0.15) is 33.5 Å². The van der Waals surface area contributed by atoms with Gasteiger partial charge in [0.05, 0.1) is 24.2 Å². The highest BCUT2D eigenvalue weighted by Gasteiger charge is 2.18. The van der Waals surface area contributed by atoms with E-state index in [4.69, 9.17) is 4.74 Å². The number of anilines is 1. The van der Waals surface area contributed by atoms with Crippen molar-refractivity contribution in [3.8, 4) is 5.69 Å². The monoisotopic (exact) mass is 493 g/mol. The first-order valence-electron chi connectivity index (χ1n) is 11.7. The molecule has 37 heavy (non-hydrogen) atoms. The Labute approximate surface area is 211 Å². The molecule has 0 atom stereocenters. The fourth-order valence-corrected chi connectivity index (χ4v) is 3.96. The highest BCUT2D eigenvalue weighted by atomic mass is 16.5. The van der Waals surface area contributed by atoms with Gasteiger partial charge >= 0.3 is 5.97 Å². The van der Waals surface area contributed by atoms with Crippen molar-refractivity contribution >= 4 is 28.3 Å². The summed E-state index contributed by atoms with van der Waals surface area (Å²) < 4.78 is 7.82. The fraction of sp³-hybridized carbons (Fsp3) is 0.107. The summed E-state index contributed by atoms with van der Waals surface area (Å²) in [5.74, 6) is -0.961. The number of nitrogens with one attached hydrogen (secondary N) is 1. The van der Waals surface area contributed by atoms with Crippen molar-refractivity contribution in [3.63, 3.8) is 0 Å². The minimum absolute atomic E-state index is 0.139. The lowest BCUT2D eigenvalue weighted by Crippen LogP contribution is -2.28. The Morgan fingerprint density at radius 3 is 2.43 bits per heavy atom. The molecule has 0 radical (unpaired) electrons. The lowest BCUT2D eigenvalue weighted by atomic mass is 10.1. The van der Waals surface area contributed by atoms with Gasteiger partial charge in [0.1, 0.15) is 0 Å². The lowest BCUT2D eigenvalue weighted by molar-refractivity contribution is 0.0519. The van der Waals surface area contributed by atoms with Gasteiger partial charge in [0.2, 0.25) is 0 Å². The zero-order chi connectivity index (χ0) is 25.8. The maximum Gasteiger partial charge on any atom is 0.358 e. The van der Waals surface area contributed by atoms with Crippen molar-refractivity contribution in [2.45, 2.75) is 13.5 Å². The average molecular weight is 494 g/mol. The number of esters is 1. The summed E-state index contributed by atoms with van der Waals surface area (Å²) in [6.45, 7) is 2.23. The number of amides is 1. The van der Waals surface area contributed by atoms with Gasteiger partial charge in [-0.2, -0.15) is 10.2 Å². The Kier molecular flexibility index (Phi) is 6.58. The number of hydrogen-bond acceptors (Lipinski definition) is 6. The van der Waals surface area contributed by atoms with E-state index in [9.17, 15) is 14.4 Å². The highest BCUT2D eigenvalue weighted by molar-refractivity contribution is 6.11. The smallest absolute Gasteiger partial charge is 0.358 e. The normalized spacial score (nSPS) is 10.8. The van der Waals surface area contributed by atoms with E-state index in [-0.39, 0.29) is 30.1 Å². The number of aromatic nitrogens is 4. The van der Waals surface area contributed by atoms with Gasteiger partial charge in [-0.15, -0.1) is 0 Å². The first kappa shape index (κ1) is 23.7. The van der Waals surface area contributed by atoms with Crippen molar-refractivity contribution in [3.05, 3.63) is 118 Å². The highest BCUT2D eigenvalue weighted by Crippen LogP contribution is 2.19. The van der Waals surface area contributed by atoms with Gasteiger partial charge < -0.3 is 10.1 Å². The van der Waals surface area contributed by atoms with Gasteiger partial charge in [-0.1, -0.05) is 54.6 Å². The Balaban J connectivity index is 1.46. The van der Waals surface area contributed by atoms with Gasteiger partial charge in [0.25, 0.3) is 11.5 Å². The van der Waals surface area contributed by atoms with E-state index >= 15 is 0 Å². The van der Waals surface area contributed by atoms with E-state index in [1.807, 2.05) is 30.3 Å². The molecule has 9 heteroatoms. The van der Waals surface area contributed by atoms with Gasteiger partial charge in [-0.25, -0.2) is 14.2 Å². The molecule has 3 aromatic carbocycles. The van der Waals surface area contributed by atoms with Crippen LogP contribution in [0.3, 0.4) is 0 Å². The van der Waals surface area contributed by atoms with Crippen LogP contribution in [0, 0.1) is 0 Å². The predicted octanol–water partition coefficient (Wildman–Crippen LogP) is 4.06. The maximum absolute atomic E-state index is 13.4. The molecule has 1 N–H and O–H groups in total. The van der Waals surface area contributed by atoms with Gasteiger partial charge in [0.15, 0.2) is 11.4 Å². The topological polar surface area (TPSA) is 108 Å². The van der Waals surface area contributed by atoms with Crippen molar-refractivity contribution in [2.75, 3.05) is 11.9 Å². The number of ether oxygens (including phenoxy) is 1. The molecule has 9 nitrogen and oxygen atoms in total. The van der Waals surface area contributed by atoms with Gasteiger partial charge in [-0.05, 0) is 42.8 Å². The number of nitrogens with zero attached hydrogens (tertiary/aromatic N) is 4. The fourth-order valence-electron chi connectivity index (χ4n) is 3.96. The minimum Gasteiger partial charge on any atom is -0.461 e. The summed E-state index contributed by atoms with van der Waals surface area (Å²) >= 11 is 0.